The number of hydrogen-bond acceptors (Lipinski definition) is 4. The number of carbonyl (C=O) groups excluding carboxylic acids is 1. The average Bonchev–Trinajstić information content (AvgIpc) is 2.57. The van der Waals surface area contributed by atoms with Crippen LogP contribution in [-0.2, 0) is 9.53 Å². The van der Waals surface area contributed by atoms with E-state index in [4.69, 9.17) is 10.00 Å². The standard InChI is InChI=1S/C9H9NO3/c10-4-9-3-8(12)1-5(9)6(2-8)13-7(9)11/h5-6,12H,1-3H2. The van der Waals surface area contributed by atoms with Gasteiger partial charge >= 0.3 is 5.97 Å². The Hall–Kier alpha value is -1.08. The topological polar surface area (TPSA) is 70.3 Å². The van der Waals surface area contributed by atoms with Gasteiger partial charge in [-0.05, 0) is 6.42 Å². The molecule has 0 radical (unpaired) electrons. The predicted octanol–water partition coefficient (Wildman–Crippen LogP) is -0.0334. The molecule has 1 saturated heterocycles. The molecule has 1 heterocycles. The van der Waals surface area contributed by atoms with Crippen molar-refractivity contribution < 1.29 is 14.6 Å². The molecule has 3 rings (SSSR count). The third kappa shape index (κ3) is 0.604. The second-order valence-corrected chi connectivity index (χ2v) is 4.44. The van der Waals surface area contributed by atoms with Gasteiger partial charge in [0, 0.05) is 18.8 Å². The summed E-state index contributed by atoms with van der Waals surface area (Å²) in [6.07, 6.45) is 1.14. The maximum Gasteiger partial charge on any atom is 0.327 e. The zero-order chi connectivity index (χ0) is 9.27. The van der Waals surface area contributed by atoms with Crippen LogP contribution in [0.5, 0.6) is 0 Å². The van der Waals surface area contributed by atoms with Crippen LogP contribution in [0.4, 0.5) is 0 Å². The first-order valence-electron chi connectivity index (χ1n) is 4.44. The van der Waals surface area contributed by atoms with E-state index in [1.54, 1.807) is 0 Å². The number of hydrogen-bond donors (Lipinski definition) is 1. The van der Waals surface area contributed by atoms with Gasteiger partial charge in [-0.25, -0.2) is 0 Å². The Kier molecular flexibility index (Phi) is 0.976. The largest absolute Gasteiger partial charge is 0.461 e. The van der Waals surface area contributed by atoms with Crippen LogP contribution in [0.25, 0.3) is 0 Å². The van der Waals surface area contributed by atoms with Gasteiger partial charge in [0.1, 0.15) is 6.10 Å². The van der Waals surface area contributed by atoms with Gasteiger partial charge in [0.2, 0.25) is 0 Å². The van der Waals surface area contributed by atoms with Gasteiger partial charge in [0.25, 0.3) is 0 Å². The monoisotopic (exact) mass is 179 g/mol. The normalized spacial score (nSPS) is 56.5. The minimum Gasteiger partial charge on any atom is -0.461 e. The SMILES string of the molecule is N#CC12CC3(O)CC(OC1=O)C2C3. The van der Waals surface area contributed by atoms with Crippen LogP contribution in [0.2, 0.25) is 0 Å². The van der Waals surface area contributed by atoms with E-state index in [1.807, 2.05) is 6.07 Å². The second-order valence-electron chi connectivity index (χ2n) is 4.44. The first-order chi connectivity index (χ1) is 6.10. The molecule has 4 atom stereocenters. The number of fused-ring (bicyclic) bond motifs is 1. The van der Waals surface area contributed by atoms with Crippen LogP contribution in [0.1, 0.15) is 19.3 Å². The molecule has 2 bridgehead atoms. The van der Waals surface area contributed by atoms with Crippen LogP contribution in [-0.4, -0.2) is 22.8 Å². The third-order valence-corrected chi connectivity index (χ3v) is 3.69. The van der Waals surface area contributed by atoms with E-state index >= 15 is 0 Å². The Morgan fingerprint density at radius 3 is 2.92 bits per heavy atom. The Balaban J connectivity index is 2.16. The minimum atomic E-state index is -1.02. The van der Waals surface area contributed by atoms with Gasteiger partial charge in [-0.1, -0.05) is 0 Å². The van der Waals surface area contributed by atoms with Gasteiger partial charge in [-0.3, -0.25) is 4.79 Å². The van der Waals surface area contributed by atoms with Crippen LogP contribution in [0.3, 0.4) is 0 Å². The molecule has 3 fully saturated rings. The number of rotatable bonds is 0. The van der Waals surface area contributed by atoms with Crippen molar-refractivity contribution in [2.24, 2.45) is 11.3 Å². The summed E-state index contributed by atoms with van der Waals surface area (Å²) in [5, 5.41) is 18.9. The van der Waals surface area contributed by atoms with Crippen molar-refractivity contribution >= 4 is 5.97 Å². The van der Waals surface area contributed by atoms with E-state index in [9.17, 15) is 9.90 Å². The van der Waals surface area contributed by atoms with Crippen LogP contribution in [0, 0.1) is 22.7 Å². The van der Waals surface area contributed by atoms with Gasteiger partial charge < -0.3 is 9.84 Å². The van der Waals surface area contributed by atoms with Crippen molar-refractivity contribution in [1.29, 1.82) is 5.26 Å². The first-order valence-corrected chi connectivity index (χ1v) is 4.44. The molecule has 4 nitrogen and oxygen atoms in total. The summed E-state index contributed by atoms with van der Waals surface area (Å²) in [4.78, 5) is 11.4. The van der Waals surface area contributed by atoms with E-state index in [0.717, 1.165) is 0 Å². The highest BCUT2D eigenvalue weighted by atomic mass is 16.6. The van der Waals surface area contributed by atoms with Crippen LogP contribution in [0.15, 0.2) is 0 Å². The van der Waals surface area contributed by atoms with Crippen molar-refractivity contribution in [3.63, 3.8) is 0 Å². The van der Waals surface area contributed by atoms with Gasteiger partial charge in [-0.2, -0.15) is 5.26 Å². The van der Waals surface area contributed by atoms with E-state index in [2.05, 4.69) is 0 Å². The average molecular weight is 179 g/mol. The zero-order valence-corrected chi connectivity index (χ0v) is 6.99. The summed E-state index contributed by atoms with van der Waals surface area (Å²) < 4.78 is 5.08. The highest BCUT2D eigenvalue weighted by Gasteiger charge is 2.72. The van der Waals surface area contributed by atoms with Gasteiger partial charge in [0.15, 0.2) is 5.41 Å². The van der Waals surface area contributed by atoms with Crippen LogP contribution >= 0.6 is 0 Å². The molecule has 4 unspecified atom stereocenters. The van der Waals surface area contributed by atoms with E-state index in [1.165, 1.54) is 0 Å². The molecule has 3 aliphatic rings. The number of carbonyl (C=O) groups is 1. The lowest BCUT2D eigenvalue weighted by Gasteiger charge is -2.24. The maximum absolute atomic E-state index is 11.4. The Bertz CT molecular complexity index is 347. The zero-order valence-electron chi connectivity index (χ0n) is 6.99. The van der Waals surface area contributed by atoms with Gasteiger partial charge in [0.05, 0.1) is 11.7 Å². The summed E-state index contributed by atoms with van der Waals surface area (Å²) in [5.41, 5.74) is -1.82. The Morgan fingerprint density at radius 2 is 2.38 bits per heavy atom. The second kappa shape index (κ2) is 1.73. The molecular formula is C9H9NO3. The van der Waals surface area contributed by atoms with Crippen molar-refractivity contribution in [1.82, 2.24) is 0 Å². The molecule has 2 aliphatic carbocycles. The van der Waals surface area contributed by atoms with E-state index in [0.29, 0.717) is 12.8 Å². The highest BCUT2D eigenvalue weighted by Crippen LogP contribution is 2.63. The fourth-order valence-electron chi connectivity index (χ4n) is 3.18. The number of nitriles is 1. The van der Waals surface area contributed by atoms with Gasteiger partial charge in [-0.15, -0.1) is 0 Å². The molecule has 0 spiro atoms. The molecule has 0 aromatic heterocycles. The fraction of sp³-hybridized carbons (Fsp3) is 0.778. The number of esters is 1. The molecular weight excluding hydrogens is 170 g/mol. The van der Waals surface area contributed by atoms with Crippen molar-refractivity contribution in [2.75, 3.05) is 0 Å². The first kappa shape index (κ1) is 7.34. The highest BCUT2D eigenvalue weighted by molar-refractivity contribution is 5.84. The molecule has 4 heteroatoms. The minimum absolute atomic E-state index is 0.0602. The molecule has 0 aromatic rings. The predicted molar refractivity (Wildman–Crippen MR) is 40.2 cm³/mol. The van der Waals surface area contributed by atoms with E-state index < -0.39 is 17.0 Å². The fourth-order valence-corrected chi connectivity index (χ4v) is 3.18. The number of aliphatic hydroxyl groups is 1. The summed E-state index contributed by atoms with van der Waals surface area (Å²) in [7, 11) is 0. The summed E-state index contributed by atoms with van der Waals surface area (Å²) in [6.45, 7) is 0. The molecule has 1 N–H and O–H groups in total. The Morgan fingerprint density at radius 1 is 1.62 bits per heavy atom. The van der Waals surface area contributed by atoms with E-state index in [-0.39, 0.29) is 18.4 Å². The Labute approximate surface area is 75.1 Å². The van der Waals surface area contributed by atoms with Crippen molar-refractivity contribution in [3.05, 3.63) is 0 Å². The number of nitrogens with zero attached hydrogens (tertiary/aromatic N) is 1. The molecule has 2 saturated carbocycles. The lowest BCUT2D eigenvalue weighted by molar-refractivity contribution is -0.145. The molecule has 0 amide bonds. The maximum atomic E-state index is 11.4. The van der Waals surface area contributed by atoms with Crippen molar-refractivity contribution in [2.45, 2.75) is 31.0 Å². The summed E-state index contributed by atoms with van der Waals surface area (Å²) >= 11 is 0. The molecule has 0 aromatic carbocycles. The lowest BCUT2D eigenvalue weighted by atomic mass is 9.75. The third-order valence-electron chi connectivity index (χ3n) is 3.69. The van der Waals surface area contributed by atoms with Crippen molar-refractivity contribution in [3.8, 4) is 6.07 Å². The number of ether oxygens (including phenoxy) is 1. The molecule has 1 aliphatic heterocycles. The molecule has 13 heavy (non-hydrogen) atoms. The smallest absolute Gasteiger partial charge is 0.327 e. The summed E-state index contributed by atoms with van der Waals surface area (Å²) in [5.74, 6) is -0.478. The molecule has 68 valence electrons. The van der Waals surface area contributed by atoms with Crippen LogP contribution < -0.4 is 0 Å². The lowest BCUT2D eigenvalue weighted by Crippen LogP contribution is -2.35. The summed E-state index contributed by atoms with van der Waals surface area (Å²) in [6, 6.07) is 2.04. The quantitative estimate of drug-likeness (QED) is 0.530.